The van der Waals surface area contributed by atoms with Gasteiger partial charge in [-0.15, -0.1) is 0 Å². The molecule has 0 heterocycles. The summed E-state index contributed by atoms with van der Waals surface area (Å²) in [5.74, 6) is -2.06. The van der Waals surface area contributed by atoms with Gasteiger partial charge in [0.2, 0.25) is 11.8 Å². The minimum atomic E-state index is -0.592. The highest BCUT2D eigenvalue weighted by atomic mass is 16.5. The molecule has 1 N–H and O–H groups in total. The molecule has 0 radical (unpaired) electrons. The Kier molecular flexibility index (Phi) is 6.86. The molecule has 0 aromatic heterocycles. The lowest BCUT2D eigenvalue weighted by Crippen LogP contribution is -2.37. The van der Waals surface area contributed by atoms with Crippen LogP contribution < -0.4 is 10.2 Å². The van der Waals surface area contributed by atoms with Crippen molar-refractivity contribution >= 4 is 35.1 Å². The highest BCUT2D eigenvalue weighted by Gasteiger charge is 2.19. The van der Waals surface area contributed by atoms with Gasteiger partial charge in [0.1, 0.15) is 6.54 Å². The number of nitrogens with zero attached hydrogens (tertiary/aromatic N) is 1. The van der Waals surface area contributed by atoms with E-state index in [1.807, 2.05) is 0 Å². The second kappa shape index (κ2) is 9.31. The van der Waals surface area contributed by atoms with Crippen LogP contribution in [0.1, 0.15) is 27.6 Å². The lowest BCUT2D eigenvalue weighted by molar-refractivity contribution is -0.120. The summed E-state index contributed by atoms with van der Waals surface area (Å²) in [5.41, 5.74) is 1.08. The van der Waals surface area contributed by atoms with Gasteiger partial charge < -0.3 is 19.7 Å². The van der Waals surface area contributed by atoms with E-state index in [1.165, 1.54) is 38.2 Å². The van der Waals surface area contributed by atoms with Crippen LogP contribution >= 0.6 is 0 Å². The number of esters is 2. The van der Waals surface area contributed by atoms with Crippen LogP contribution in [0.25, 0.3) is 0 Å². The van der Waals surface area contributed by atoms with E-state index in [4.69, 9.17) is 4.74 Å². The first-order valence-corrected chi connectivity index (χ1v) is 8.31. The molecule has 2 aromatic carbocycles. The maximum atomic E-state index is 12.5. The first-order valence-electron chi connectivity index (χ1n) is 8.31. The number of benzene rings is 2. The Balaban J connectivity index is 2.22. The average Bonchev–Trinajstić information content (AvgIpc) is 2.71. The van der Waals surface area contributed by atoms with Crippen LogP contribution in [0.2, 0.25) is 0 Å². The summed E-state index contributed by atoms with van der Waals surface area (Å²) in [5, 5.41) is 2.60. The third kappa shape index (κ3) is 4.94. The normalized spacial score (nSPS) is 9.96. The molecule has 8 nitrogen and oxygen atoms in total. The number of para-hydroxylation sites is 1. The number of carbonyl (C=O) groups is 4. The highest BCUT2D eigenvalue weighted by molar-refractivity contribution is 6.05. The van der Waals surface area contributed by atoms with Gasteiger partial charge in [0.05, 0.1) is 31.0 Å². The lowest BCUT2D eigenvalue weighted by atomic mass is 10.1. The summed E-state index contributed by atoms with van der Waals surface area (Å²) in [6.45, 7) is 0.996. The summed E-state index contributed by atoms with van der Waals surface area (Å²) in [4.78, 5) is 49.3. The van der Waals surface area contributed by atoms with Crippen molar-refractivity contribution in [2.24, 2.45) is 0 Å². The van der Waals surface area contributed by atoms with Gasteiger partial charge in [-0.25, -0.2) is 9.59 Å². The molecule has 2 rings (SSSR count). The standard InChI is InChI=1S/C20H20N2O6/c1-13(23)22(15-8-6-7-14(11-15)19(25)27-2)12-18(24)21-17-10-5-4-9-16(17)20(26)28-3/h4-11H,12H2,1-3H3,(H,21,24). The molecule has 0 aliphatic rings. The van der Waals surface area contributed by atoms with E-state index in [1.54, 1.807) is 36.4 Å². The van der Waals surface area contributed by atoms with Crippen LogP contribution in [-0.2, 0) is 19.1 Å². The quantitative estimate of drug-likeness (QED) is 0.767. The second-order valence-electron chi connectivity index (χ2n) is 5.73. The van der Waals surface area contributed by atoms with Crippen LogP contribution in [0.15, 0.2) is 48.5 Å². The number of hydrogen-bond acceptors (Lipinski definition) is 6. The fraction of sp³-hybridized carbons (Fsp3) is 0.200. The zero-order chi connectivity index (χ0) is 20.7. The second-order valence-corrected chi connectivity index (χ2v) is 5.73. The maximum absolute atomic E-state index is 12.5. The molecule has 0 spiro atoms. The molecule has 0 fully saturated rings. The van der Waals surface area contributed by atoms with E-state index < -0.39 is 23.8 Å². The van der Waals surface area contributed by atoms with Gasteiger partial charge in [0.15, 0.2) is 0 Å². The fourth-order valence-corrected chi connectivity index (χ4v) is 2.52. The number of nitrogens with one attached hydrogen (secondary N) is 1. The summed E-state index contributed by atoms with van der Waals surface area (Å²) >= 11 is 0. The SMILES string of the molecule is COC(=O)c1cccc(N(CC(=O)Nc2ccccc2C(=O)OC)C(C)=O)c1. The van der Waals surface area contributed by atoms with Crippen molar-refractivity contribution in [3.63, 3.8) is 0 Å². The topological polar surface area (TPSA) is 102 Å². The van der Waals surface area contributed by atoms with E-state index in [0.717, 1.165) is 0 Å². The van der Waals surface area contributed by atoms with Gasteiger partial charge in [-0.2, -0.15) is 0 Å². The Morgan fingerprint density at radius 3 is 2.25 bits per heavy atom. The Labute approximate surface area is 162 Å². The van der Waals surface area contributed by atoms with E-state index in [2.05, 4.69) is 10.1 Å². The number of amides is 2. The molecule has 0 unspecified atom stereocenters. The summed E-state index contributed by atoms with van der Waals surface area (Å²) in [6.07, 6.45) is 0. The van der Waals surface area contributed by atoms with Crippen LogP contribution in [0.5, 0.6) is 0 Å². The number of ether oxygens (including phenoxy) is 2. The smallest absolute Gasteiger partial charge is 0.339 e. The number of hydrogen-bond donors (Lipinski definition) is 1. The van der Waals surface area contributed by atoms with Gasteiger partial charge in [-0.05, 0) is 30.3 Å². The third-order valence-electron chi connectivity index (χ3n) is 3.87. The minimum Gasteiger partial charge on any atom is -0.465 e. The monoisotopic (exact) mass is 384 g/mol. The zero-order valence-electron chi connectivity index (χ0n) is 15.7. The number of carbonyl (C=O) groups excluding carboxylic acids is 4. The predicted octanol–water partition coefficient (Wildman–Crippen LogP) is 2.25. The summed E-state index contributed by atoms with van der Waals surface area (Å²) in [6, 6.07) is 12.6. The Morgan fingerprint density at radius 2 is 1.61 bits per heavy atom. The summed E-state index contributed by atoms with van der Waals surface area (Å²) < 4.78 is 9.37. The van der Waals surface area contributed by atoms with Crippen LogP contribution in [0, 0.1) is 0 Å². The predicted molar refractivity (Wildman–Crippen MR) is 102 cm³/mol. The van der Waals surface area contributed by atoms with E-state index in [0.29, 0.717) is 5.69 Å². The first kappa shape index (κ1) is 20.6. The molecule has 28 heavy (non-hydrogen) atoms. The molecule has 146 valence electrons. The lowest BCUT2D eigenvalue weighted by Gasteiger charge is -2.21. The molecule has 8 heteroatoms. The molecule has 0 saturated heterocycles. The largest absolute Gasteiger partial charge is 0.465 e. The van der Waals surface area contributed by atoms with Gasteiger partial charge in [-0.3, -0.25) is 9.59 Å². The van der Waals surface area contributed by atoms with Crippen LogP contribution in [0.4, 0.5) is 11.4 Å². The summed E-state index contributed by atoms with van der Waals surface area (Å²) in [7, 11) is 2.50. The molecule has 2 amide bonds. The molecule has 0 aliphatic heterocycles. The molecule has 0 bridgehead atoms. The molecule has 0 atom stereocenters. The Bertz CT molecular complexity index is 909. The van der Waals surface area contributed by atoms with E-state index in [-0.39, 0.29) is 23.4 Å². The van der Waals surface area contributed by atoms with Crippen molar-refractivity contribution in [1.82, 2.24) is 0 Å². The van der Waals surface area contributed by atoms with Crippen molar-refractivity contribution in [3.8, 4) is 0 Å². The highest BCUT2D eigenvalue weighted by Crippen LogP contribution is 2.19. The Hall–Kier alpha value is -3.68. The molecule has 0 aliphatic carbocycles. The molecule has 0 saturated carbocycles. The van der Waals surface area contributed by atoms with Crippen molar-refractivity contribution in [1.29, 1.82) is 0 Å². The van der Waals surface area contributed by atoms with Crippen LogP contribution in [-0.4, -0.2) is 44.5 Å². The van der Waals surface area contributed by atoms with Gasteiger partial charge >= 0.3 is 11.9 Å². The average molecular weight is 384 g/mol. The number of rotatable bonds is 6. The maximum Gasteiger partial charge on any atom is 0.339 e. The van der Waals surface area contributed by atoms with Gasteiger partial charge in [0.25, 0.3) is 0 Å². The molecular formula is C20H20N2O6. The van der Waals surface area contributed by atoms with Gasteiger partial charge in [0, 0.05) is 12.6 Å². The zero-order valence-corrected chi connectivity index (χ0v) is 15.7. The van der Waals surface area contributed by atoms with Crippen molar-refractivity contribution < 1.29 is 28.7 Å². The third-order valence-corrected chi connectivity index (χ3v) is 3.87. The van der Waals surface area contributed by atoms with Gasteiger partial charge in [-0.1, -0.05) is 18.2 Å². The Morgan fingerprint density at radius 1 is 0.929 bits per heavy atom. The van der Waals surface area contributed by atoms with E-state index in [9.17, 15) is 19.2 Å². The molecular weight excluding hydrogens is 364 g/mol. The van der Waals surface area contributed by atoms with Crippen molar-refractivity contribution in [2.75, 3.05) is 31.0 Å². The number of methoxy groups -OCH3 is 2. The molecule has 2 aromatic rings. The van der Waals surface area contributed by atoms with E-state index >= 15 is 0 Å². The van der Waals surface area contributed by atoms with Crippen molar-refractivity contribution in [3.05, 3.63) is 59.7 Å². The van der Waals surface area contributed by atoms with Crippen LogP contribution in [0.3, 0.4) is 0 Å². The fourth-order valence-electron chi connectivity index (χ4n) is 2.52. The van der Waals surface area contributed by atoms with Crippen molar-refractivity contribution in [2.45, 2.75) is 6.92 Å². The number of anilines is 2. The first-order chi connectivity index (χ1) is 13.4. The minimum absolute atomic E-state index is 0.195.